The van der Waals surface area contributed by atoms with E-state index < -0.39 is 0 Å². The molecule has 3 nitrogen and oxygen atoms in total. The summed E-state index contributed by atoms with van der Waals surface area (Å²) in [6.07, 6.45) is 4.39. The number of benzene rings is 1. The van der Waals surface area contributed by atoms with Gasteiger partial charge in [-0.15, -0.1) is 0 Å². The summed E-state index contributed by atoms with van der Waals surface area (Å²) in [7, 11) is 1.75. The molecule has 1 aromatic heterocycles. The molecule has 0 spiro atoms. The van der Waals surface area contributed by atoms with Crippen LogP contribution in [0, 0.1) is 29.6 Å². The fourth-order valence-corrected chi connectivity index (χ4v) is 6.32. The van der Waals surface area contributed by atoms with Crippen molar-refractivity contribution in [3.05, 3.63) is 34.3 Å². The lowest BCUT2D eigenvalue weighted by Gasteiger charge is -2.15. The molecule has 5 atom stereocenters. The maximum Gasteiger partial charge on any atom is 0.419 e. The Labute approximate surface area is 131 Å². The Balaban J connectivity index is 1.49. The van der Waals surface area contributed by atoms with Crippen LogP contribution in [0.2, 0.25) is 0 Å². The number of rotatable bonds is 2. The van der Waals surface area contributed by atoms with Crippen molar-refractivity contribution in [1.29, 1.82) is 0 Å². The zero-order valence-electron chi connectivity index (χ0n) is 12.0. The second-order valence-corrected chi connectivity index (χ2v) is 8.11. The molecule has 0 radical (unpaired) electrons. The monoisotopic (exact) mass is 347 g/mol. The fraction of sp³-hybridized carbons (Fsp3) is 0.588. The summed E-state index contributed by atoms with van der Waals surface area (Å²) < 4.78 is 6.89. The molecule has 3 fully saturated rings. The lowest BCUT2D eigenvalue weighted by molar-refractivity contribution is 0.456. The van der Waals surface area contributed by atoms with Crippen LogP contribution < -0.4 is 5.76 Å². The molecule has 2 bridgehead atoms. The van der Waals surface area contributed by atoms with Crippen LogP contribution in [-0.4, -0.2) is 4.57 Å². The van der Waals surface area contributed by atoms with Gasteiger partial charge < -0.3 is 4.42 Å². The van der Waals surface area contributed by atoms with E-state index in [1.165, 1.54) is 24.8 Å². The Hall–Kier alpha value is -1.03. The molecule has 1 aromatic carbocycles. The minimum absolute atomic E-state index is 0.283. The van der Waals surface area contributed by atoms with E-state index in [9.17, 15) is 4.79 Å². The van der Waals surface area contributed by atoms with Crippen molar-refractivity contribution in [2.24, 2.45) is 36.6 Å². The highest BCUT2D eigenvalue weighted by atomic mass is 79.9. The van der Waals surface area contributed by atoms with Gasteiger partial charge in [-0.2, -0.15) is 0 Å². The lowest BCUT2D eigenvalue weighted by Crippen LogP contribution is -2.08. The third-order valence-corrected chi connectivity index (χ3v) is 7.41. The van der Waals surface area contributed by atoms with Gasteiger partial charge in [0.15, 0.2) is 5.58 Å². The van der Waals surface area contributed by atoms with Gasteiger partial charge in [0, 0.05) is 11.9 Å². The Bertz CT molecular complexity index is 776. The number of aromatic nitrogens is 1. The number of oxazole rings is 1. The van der Waals surface area contributed by atoms with E-state index in [0.717, 1.165) is 35.1 Å². The molecule has 0 saturated heterocycles. The SMILES string of the molecule is Cn1c(=O)oc2cc(C(Br)C3C4C5CCC(C5)C43)ccc21. The van der Waals surface area contributed by atoms with Crippen molar-refractivity contribution < 1.29 is 4.42 Å². The quantitative estimate of drug-likeness (QED) is 0.773. The summed E-state index contributed by atoms with van der Waals surface area (Å²) in [6, 6.07) is 6.20. The summed E-state index contributed by atoms with van der Waals surface area (Å²) in [5, 5.41) is 0. The normalized spacial score (nSPS) is 37.9. The van der Waals surface area contributed by atoms with Gasteiger partial charge in [0.1, 0.15) is 0 Å². The minimum atomic E-state index is -0.283. The van der Waals surface area contributed by atoms with Crippen molar-refractivity contribution in [1.82, 2.24) is 4.57 Å². The summed E-state index contributed by atoms with van der Waals surface area (Å²) >= 11 is 3.94. The molecular weight excluding hydrogens is 330 g/mol. The molecule has 0 N–H and O–H groups in total. The van der Waals surface area contributed by atoms with Crippen LogP contribution in [0.1, 0.15) is 29.7 Å². The van der Waals surface area contributed by atoms with Crippen molar-refractivity contribution >= 4 is 27.0 Å². The first-order valence-electron chi connectivity index (χ1n) is 7.88. The van der Waals surface area contributed by atoms with E-state index in [0.29, 0.717) is 10.4 Å². The molecule has 3 aliphatic rings. The molecule has 21 heavy (non-hydrogen) atoms. The Kier molecular flexibility index (Phi) is 2.40. The van der Waals surface area contributed by atoms with Crippen LogP contribution in [0.5, 0.6) is 0 Å². The first-order valence-corrected chi connectivity index (χ1v) is 8.80. The summed E-state index contributed by atoms with van der Waals surface area (Å²) in [5.74, 6) is 4.39. The number of alkyl halides is 1. The molecular formula is C17H18BrNO2. The van der Waals surface area contributed by atoms with Gasteiger partial charge >= 0.3 is 5.76 Å². The Morgan fingerprint density at radius 2 is 2.00 bits per heavy atom. The van der Waals surface area contributed by atoms with Gasteiger partial charge in [-0.25, -0.2) is 4.79 Å². The number of hydrogen-bond donors (Lipinski definition) is 0. The van der Waals surface area contributed by atoms with Gasteiger partial charge in [-0.1, -0.05) is 22.0 Å². The van der Waals surface area contributed by atoms with Crippen molar-refractivity contribution in [3.63, 3.8) is 0 Å². The van der Waals surface area contributed by atoms with Crippen molar-refractivity contribution in [2.45, 2.75) is 24.1 Å². The number of hydrogen-bond acceptors (Lipinski definition) is 2. The van der Waals surface area contributed by atoms with Crippen LogP contribution in [0.4, 0.5) is 0 Å². The van der Waals surface area contributed by atoms with Crippen LogP contribution >= 0.6 is 15.9 Å². The van der Waals surface area contributed by atoms with E-state index in [2.05, 4.69) is 22.0 Å². The van der Waals surface area contributed by atoms with Crippen LogP contribution in [0.3, 0.4) is 0 Å². The largest absolute Gasteiger partial charge is 0.419 e. The number of fused-ring (bicyclic) bond motifs is 6. The predicted molar refractivity (Wildman–Crippen MR) is 84.4 cm³/mol. The first-order chi connectivity index (χ1) is 10.1. The third kappa shape index (κ3) is 1.57. The smallest absolute Gasteiger partial charge is 0.408 e. The lowest BCUT2D eigenvalue weighted by atomic mass is 9.97. The molecule has 0 amide bonds. The Morgan fingerprint density at radius 1 is 1.29 bits per heavy atom. The molecule has 4 heteroatoms. The standard InChI is InChI=1S/C17H18BrNO2/c1-19-11-5-4-10(7-12(11)21-17(19)20)16(18)15-13-8-2-3-9(6-8)14(13)15/h4-5,7-9,13-16H,2-3,6H2,1H3. The van der Waals surface area contributed by atoms with Crippen LogP contribution in [0.15, 0.2) is 27.4 Å². The fourth-order valence-electron chi connectivity index (χ4n) is 5.33. The predicted octanol–water partition coefficient (Wildman–Crippen LogP) is 3.86. The van der Waals surface area contributed by atoms with Gasteiger partial charge in [0.2, 0.25) is 0 Å². The molecule has 0 aliphatic heterocycles. The first kappa shape index (κ1) is 12.5. The van der Waals surface area contributed by atoms with Gasteiger partial charge in [0.05, 0.1) is 5.52 Å². The van der Waals surface area contributed by atoms with E-state index in [-0.39, 0.29) is 5.76 Å². The maximum atomic E-state index is 11.6. The summed E-state index contributed by atoms with van der Waals surface area (Å²) in [4.78, 5) is 12.0. The zero-order valence-corrected chi connectivity index (χ0v) is 13.5. The molecule has 110 valence electrons. The third-order valence-electron chi connectivity index (χ3n) is 6.27. The molecule has 1 heterocycles. The molecule has 3 aliphatic carbocycles. The summed E-state index contributed by atoms with van der Waals surface area (Å²) in [5.41, 5.74) is 2.84. The van der Waals surface area contributed by atoms with E-state index in [4.69, 9.17) is 4.42 Å². The highest BCUT2D eigenvalue weighted by Crippen LogP contribution is 2.73. The molecule has 3 saturated carbocycles. The van der Waals surface area contributed by atoms with E-state index in [1.807, 2.05) is 12.1 Å². The second-order valence-electron chi connectivity index (χ2n) is 7.12. The molecule has 2 aromatic rings. The number of halogens is 1. The highest BCUT2D eigenvalue weighted by molar-refractivity contribution is 9.09. The Morgan fingerprint density at radius 3 is 2.71 bits per heavy atom. The maximum absolute atomic E-state index is 11.6. The number of nitrogens with zero attached hydrogens (tertiary/aromatic N) is 1. The molecule has 5 rings (SSSR count). The van der Waals surface area contributed by atoms with Crippen LogP contribution in [0.25, 0.3) is 11.1 Å². The highest BCUT2D eigenvalue weighted by Gasteiger charge is 2.66. The molecule has 5 unspecified atom stereocenters. The van der Waals surface area contributed by atoms with Gasteiger partial charge in [0.25, 0.3) is 0 Å². The zero-order chi connectivity index (χ0) is 14.3. The van der Waals surface area contributed by atoms with E-state index in [1.54, 1.807) is 11.6 Å². The van der Waals surface area contributed by atoms with E-state index >= 15 is 0 Å². The number of aryl methyl sites for hydroxylation is 1. The van der Waals surface area contributed by atoms with Crippen molar-refractivity contribution in [3.8, 4) is 0 Å². The topological polar surface area (TPSA) is 35.1 Å². The van der Waals surface area contributed by atoms with Gasteiger partial charge in [-0.3, -0.25) is 4.57 Å². The summed E-state index contributed by atoms with van der Waals surface area (Å²) in [6.45, 7) is 0. The minimum Gasteiger partial charge on any atom is -0.408 e. The average molecular weight is 348 g/mol. The average Bonchev–Trinajstić information content (AvgIpc) is 2.77. The van der Waals surface area contributed by atoms with Crippen LogP contribution in [-0.2, 0) is 7.05 Å². The van der Waals surface area contributed by atoms with Crippen molar-refractivity contribution in [2.75, 3.05) is 0 Å². The van der Waals surface area contributed by atoms with Gasteiger partial charge in [-0.05, 0) is 66.5 Å². The second kappa shape index (κ2) is 4.03.